The zero-order valence-electron chi connectivity index (χ0n) is 10.9. The quantitative estimate of drug-likeness (QED) is 0.492. The van der Waals surface area contributed by atoms with Crippen LogP contribution in [0.5, 0.6) is 0 Å². The molecule has 21 heavy (non-hydrogen) atoms. The Labute approximate surface area is 142 Å². The van der Waals surface area contributed by atoms with Crippen molar-refractivity contribution in [1.82, 2.24) is 9.55 Å². The van der Waals surface area contributed by atoms with Crippen molar-refractivity contribution >= 4 is 57.4 Å². The highest BCUT2D eigenvalue weighted by molar-refractivity contribution is 6.43. The molecule has 0 radical (unpaired) electrons. The zero-order chi connectivity index (χ0) is 15.1. The van der Waals surface area contributed by atoms with Crippen molar-refractivity contribution in [3.63, 3.8) is 0 Å². The molecule has 1 aromatic heterocycles. The maximum absolute atomic E-state index is 6.34. The van der Waals surface area contributed by atoms with Gasteiger partial charge in [-0.2, -0.15) is 0 Å². The number of imidazole rings is 1. The smallest absolute Gasteiger partial charge is 0.132 e. The Morgan fingerprint density at radius 3 is 2.57 bits per heavy atom. The van der Waals surface area contributed by atoms with Gasteiger partial charge in [0.1, 0.15) is 5.82 Å². The van der Waals surface area contributed by atoms with Crippen molar-refractivity contribution in [2.45, 2.75) is 12.3 Å². The number of hydrogen-bond donors (Lipinski definition) is 0. The van der Waals surface area contributed by atoms with E-state index in [9.17, 15) is 0 Å². The molecule has 6 heteroatoms. The van der Waals surface area contributed by atoms with E-state index in [-0.39, 0.29) is 5.38 Å². The molecule has 0 saturated carbocycles. The molecule has 1 atom stereocenters. The minimum absolute atomic E-state index is 0.286. The maximum Gasteiger partial charge on any atom is 0.132 e. The lowest BCUT2D eigenvalue weighted by Gasteiger charge is -2.13. The number of rotatable bonds is 2. The fourth-order valence-corrected chi connectivity index (χ4v) is 2.95. The number of fused-ring (bicyclic) bond motifs is 1. The number of benzene rings is 2. The maximum atomic E-state index is 6.34. The van der Waals surface area contributed by atoms with Gasteiger partial charge in [-0.15, -0.1) is 11.6 Å². The summed E-state index contributed by atoms with van der Waals surface area (Å²) >= 11 is 24.8. The Morgan fingerprint density at radius 1 is 1.10 bits per heavy atom. The largest absolute Gasteiger partial charge is 0.293 e. The van der Waals surface area contributed by atoms with Gasteiger partial charge in [0.05, 0.1) is 32.1 Å². The Hall–Kier alpha value is -0.930. The number of aromatic nitrogens is 2. The molecule has 2 aromatic carbocycles. The van der Waals surface area contributed by atoms with Gasteiger partial charge in [0, 0.05) is 5.02 Å². The molecule has 0 bridgehead atoms. The van der Waals surface area contributed by atoms with Crippen LogP contribution in [-0.4, -0.2) is 9.55 Å². The van der Waals surface area contributed by atoms with Gasteiger partial charge in [-0.3, -0.25) is 4.57 Å². The van der Waals surface area contributed by atoms with E-state index in [1.54, 1.807) is 12.1 Å². The monoisotopic (exact) mass is 358 g/mol. The molecular weight excluding hydrogens is 350 g/mol. The third kappa shape index (κ3) is 2.62. The zero-order valence-corrected chi connectivity index (χ0v) is 14.0. The number of hydrogen-bond acceptors (Lipinski definition) is 1. The van der Waals surface area contributed by atoms with Crippen LogP contribution in [0, 0.1) is 0 Å². The average Bonchev–Trinajstić information content (AvgIpc) is 2.80. The van der Waals surface area contributed by atoms with Gasteiger partial charge < -0.3 is 0 Å². The van der Waals surface area contributed by atoms with Gasteiger partial charge in [-0.25, -0.2) is 4.98 Å². The first-order chi connectivity index (χ1) is 9.99. The van der Waals surface area contributed by atoms with E-state index in [2.05, 4.69) is 4.98 Å². The summed E-state index contributed by atoms with van der Waals surface area (Å²) < 4.78 is 1.91. The summed E-state index contributed by atoms with van der Waals surface area (Å²) in [6.07, 6.45) is 0. The molecule has 1 unspecified atom stereocenters. The van der Waals surface area contributed by atoms with Crippen LogP contribution in [0.1, 0.15) is 18.1 Å². The fourth-order valence-electron chi connectivity index (χ4n) is 2.26. The molecule has 0 saturated heterocycles. The van der Waals surface area contributed by atoms with Crippen LogP contribution in [0.3, 0.4) is 0 Å². The van der Waals surface area contributed by atoms with Gasteiger partial charge in [-0.1, -0.05) is 40.9 Å². The molecule has 108 valence electrons. The third-order valence-electron chi connectivity index (χ3n) is 3.17. The highest BCUT2D eigenvalue weighted by Crippen LogP contribution is 2.35. The standard InChI is InChI=1S/C15H10Cl4N2/c1-8(16)15-20-11-7-9(17)5-6-12(11)21(15)13-4-2-3-10(18)14(13)19/h2-8H,1H3. The van der Waals surface area contributed by atoms with E-state index in [1.807, 2.05) is 35.8 Å². The second-order valence-corrected chi connectivity index (χ2v) is 6.50. The molecule has 0 aliphatic rings. The van der Waals surface area contributed by atoms with Crippen LogP contribution in [0.2, 0.25) is 15.1 Å². The summed E-state index contributed by atoms with van der Waals surface area (Å²) in [5.41, 5.74) is 2.39. The minimum atomic E-state index is -0.286. The molecule has 3 aromatic rings. The van der Waals surface area contributed by atoms with Crippen LogP contribution in [0.25, 0.3) is 16.7 Å². The Kier molecular flexibility index (Phi) is 4.06. The van der Waals surface area contributed by atoms with E-state index in [4.69, 9.17) is 46.4 Å². The highest BCUT2D eigenvalue weighted by Gasteiger charge is 2.19. The molecule has 2 nitrogen and oxygen atoms in total. The number of alkyl halides is 1. The van der Waals surface area contributed by atoms with E-state index < -0.39 is 0 Å². The summed E-state index contributed by atoms with van der Waals surface area (Å²) in [5.74, 6) is 0.693. The molecule has 3 rings (SSSR count). The summed E-state index contributed by atoms with van der Waals surface area (Å²) in [6.45, 7) is 1.86. The molecule has 0 spiro atoms. The summed E-state index contributed by atoms with van der Waals surface area (Å²) in [6, 6.07) is 11.0. The van der Waals surface area contributed by atoms with Crippen molar-refractivity contribution in [3.8, 4) is 5.69 Å². The van der Waals surface area contributed by atoms with Crippen LogP contribution >= 0.6 is 46.4 Å². The first-order valence-electron chi connectivity index (χ1n) is 6.25. The lowest BCUT2D eigenvalue weighted by atomic mass is 10.2. The van der Waals surface area contributed by atoms with E-state index >= 15 is 0 Å². The fraction of sp³-hybridized carbons (Fsp3) is 0.133. The van der Waals surface area contributed by atoms with Gasteiger partial charge in [-0.05, 0) is 37.3 Å². The van der Waals surface area contributed by atoms with E-state index in [0.717, 1.165) is 16.7 Å². The molecule has 1 heterocycles. The van der Waals surface area contributed by atoms with E-state index in [0.29, 0.717) is 20.9 Å². The molecule has 0 amide bonds. The van der Waals surface area contributed by atoms with Gasteiger partial charge >= 0.3 is 0 Å². The van der Waals surface area contributed by atoms with Crippen molar-refractivity contribution in [2.24, 2.45) is 0 Å². The first kappa shape index (κ1) is 15.0. The predicted octanol–water partition coefficient (Wildman–Crippen LogP) is 6.29. The van der Waals surface area contributed by atoms with Crippen molar-refractivity contribution < 1.29 is 0 Å². The number of halogens is 4. The predicted molar refractivity (Wildman–Crippen MR) is 90.4 cm³/mol. The summed E-state index contributed by atoms with van der Waals surface area (Å²) in [7, 11) is 0. The van der Waals surface area contributed by atoms with Crippen molar-refractivity contribution in [2.75, 3.05) is 0 Å². The van der Waals surface area contributed by atoms with Crippen LogP contribution in [0.4, 0.5) is 0 Å². The van der Waals surface area contributed by atoms with E-state index in [1.165, 1.54) is 0 Å². The molecule has 0 aliphatic carbocycles. The van der Waals surface area contributed by atoms with Gasteiger partial charge in [0.15, 0.2) is 0 Å². The van der Waals surface area contributed by atoms with Gasteiger partial charge in [0.2, 0.25) is 0 Å². The van der Waals surface area contributed by atoms with Crippen LogP contribution < -0.4 is 0 Å². The lowest BCUT2D eigenvalue weighted by Crippen LogP contribution is -2.02. The van der Waals surface area contributed by atoms with Crippen LogP contribution in [0.15, 0.2) is 36.4 Å². The molecule has 0 N–H and O–H groups in total. The third-order valence-corrected chi connectivity index (χ3v) is 4.41. The number of nitrogens with zero attached hydrogens (tertiary/aromatic N) is 2. The Bertz CT molecular complexity index is 824. The second-order valence-electron chi connectivity index (χ2n) is 4.63. The minimum Gasteiger partial charge on any atom is -0.293 e. The topological polar surface area (TPSA) is 17.8 Å². The first-order valence-corrected chi connectivity index (χ1v) is 7.82. The highest BCUT2D eigenvalue weighted by atomic mass is 35.5. The normalized spacial score (nSPS) is 12.8. The molecular formula is C15H10Cl4N2. The SMILES string of the molecule is CC(Cl)c1nc2cc(Cl)ccc2n1-c1cccc(Cl)c1Cl. The molecule has 0 fully saturated rings. The Balaban J connectivity index is 2.39. The summed E-state index contributed by atoms with van der Waals surface area (Å²) in [4.78, 5) is 4.57. The average molecular weight is 360 g/mol. The van der Waals surface area contributed by atoms with Crippen molar-refractivity contribution in [1.29, 1.82) is 0 Å². The second kappa shape index (κ2) is 5.69. The summed E-state index contributed by atoms with van der Waals surface area (Å²) in [5, 5.41) is 1.29. The van der Waals surface area contributed by atoms with Crippen molar-refractivity contribution in [3.05, 3.63) is 57.3 Å². The molecule has 0 aliphatic heterocycles. The Morgan fingerprint density at radius 2 is 1.86 bits per heavy atom. The lowest BCUT2D eigenvalue weighted by molar-refractivity contribution is 0.883. The van der Waals surface area contributed by atoms with Gasteiger partial charge in [0.25, 0.3) is 0 Å². The van der Waals surface area contributed by atoms with Crippen LogP contribution in [-0.2, 0) is 0 Å².